The van der Waals surface area contributed by atoms with E-state index in [0.717, 1.165) is 11.8 Å². The van der Waals surface area contributed by atoms with Crippen LogP contribution >= 0.6 is 11.8 Å². The molecule has 1 aliphatic heterocycles. The van der Waals surface area contributed by atoms with Gasteiger partial charge in [-0.1, -0.05) is 18.2 Å². The number of halogens is 1. The molecule has 3 rings (SSSR count). The van der Waals surface area contributed by atoms with E-state index < -0.39 is 5.82 Å². The fourth-order valence-corrected chi connectivity index (χ4v) is 3.12. The average molecular weight is 383 g/mol. The summed E-state index contributed by atoms with van der Waals surface area (Å²) in [7, 11) is 1.49. The molecule has 1 saturated heterocycles. The van der Waals surface area contributed by atoms with Crippen molar-refractivity contribution in [3.8, 4) is 17.6 Å². The fraction of sp³-hybridized carbons (Fsp3) is 0.105. The minimum Gasteiger partial charge on any atom is -0.493 e. The largest absolute Gasteiger partial charge is 0.493 e. The van der Waals surface area contributed by atoms with Crippen LogP contribution in [0.1, 0.15) is 5.56 Å². The highest BCUT2D eigenvalue weighted by Gasteiger charge is 2.24. The number of nitriles is 1. The highest BCUT2D eigenvalue weighted by molar-refractivity contribution is 8.18. The molecule has 8 heteroatoms. The van der Waals surface area contributed by atoms with Crippen LogP contribution in [0.5, 0.6) is 11.5 Å². The molecule has 0 atom stereocenters. The minimum atomic E-state index is -0.463. The lowest BCUT2D eigenvalue weighted by Gasteiger charge is -2.08. The van der Waals surface area contributed by atoms with Crippen LogP contribution in [0.15, 0.2) is 52.4 Å². The second-order valence-corrected chi connectivity index (χ2v) is 6.32. The Labute approximate surface area is 159 Å². The molecule has 0 radical (unpaired) electrons. The predicted molar refractivity (Wildman–Crippen MR) is 101 cm³/mol. The number of aliphatic imine (C=N–C) groups is 1. The van der Waals surface area contributed by atoms with Crippen LogP contribution in [0.2, 0.25) is 0 Å². The SMILES string of the molecule is COc1cc(/C=C2\SC(=Nc3ccccc3F)NC2=O)ccc1OCC#N. The topological polar surface area (TPSA) is 83.7 Å². The Balaban J connectivity index is 1.82. The second kappa shape index (κ2) is 8.38. The number of ether oxygens (including phenoxy) is 2. The quantitative estimate of drug-likeness (QED) is 0.797. The zero-order valence-corrected chi connectivity index (χ0v) is 15.0. The molecule has 1 fully saturated rings. The molecule has 0 spiro atoms. The summed E-state index contributed by atoms with van der Waals surface area (Å²) in [6.07, 6.45) is 1.67. The lowest BCUT2D eigenvalue weighted by atomic mass is 10.2. The maximum atomic E-state index is 13.7. The molecule has 2 aromatic rings. The number of hydrogen-bond acceptors (Lipinski definition) is 6. The molecular formula is C19H14FN3O3S. The van der Waals surface area contributed by atoms with Gasteiger partial charge < -0.3 is 14.8 Å². The molecule has 0 aromatic heterocycles. The summed E-state index contributed by atoms with van der Waals surface area (Å²) >= 11 is 1.12. The van der Waals surface area contributed by atoms with Crippen LogP contribution in [0.4, 0.5) is 10.1 Å². The van der Waals surface area contributed by atoms with Gasteiger partial charge in [-0.05, 0) is 47.7 Å². The van der Waals surface area contributed by atoms with Gasteiger partial charge >= 0.3 is 0 Å². The normalized spacial score (nSPS) is 16.3. The Morgan fingerprint density at radius 1 is 1.30 bits per heavy atom. The van der Waals surface area contributed by atoms with E-state index >= 15 is 0 Å². The summed E-state index contributed by atoms with van der Waals surface area (Å²) in [4.78, 5) is 16.7. The van der Waals surface area contributed by atoms with Gasteiger partial charge in [-0.25, -0.2) is 9.38 Å². The van der Waals surface area contributed by atoms with Crippen LogP contribution in [0, 0.1) is 17.1 Å². The van der Waals surface area contributed by atoms with Gasteiger partial charge in [0, 0.05) is 0 Å². The highest BCUT2D eigenvalue weighted by Crippen LogP contribution is 2.32. The number of carbonyl (C=O) groups is 1. The first-order chi connectivity index (χ1) is 13.1. The second-order valence-electron chi connectivity index (χ2n) is 5.29. The molecule has 6 nitrogen and oxygen atoms in total. The predicted octanol–water partition coefficient (Wildman–Crippen LogP) is 3.63. The third kappa shape index (κ3) is 4.46. The van der Waals surface area contributed by atoms with Gasteiger partial charge in [0.25, 0.3) is 5.91 Å². The monoisotopic (exact) mass is 383 g/mol. The third-order valence-electron chi connectivity index (χ3n) is 3.50. The number of carbonyl (C=O) groups excluding carboxylic acids is 1. The van der Waals surface area contributed by atoms with Gasteiger partial charge in [-0.2, -0.15) is 5.26 Å². The van der Waals surface area contributed by atoms with Crippen LogP contribution < -0.4 is 14.8 Å². The van der Waals surface area contributed by atoms with E-state index in [1.54, 1.807) is 36.4 Å². The molecule has 0 aliphatic carbocycles. The third-order valence-corrected chi connectivity index (χ3v) is 4.41. The number of amidine groups is 1. The van der Waals surface area contributed by atoms with E-state index in [4.69, 9.17) is 14.7 Å². The fourth-order valence-electron chi connectivity index (χ4n) is 2.29. The van der Waals surface area contributed by atoms with E-state index in [2.05, 4.69) is 10.3 Å². The Hall–Kier alpha value is -3.31. The van der Waals surface area contributed by atoms with Crippen molar-refractivity contribution < 1.29 is 18.7 Å². The Kier molecular flexibility index (Phi) is 5.74. The molecule has 0 unspecified atom stereocenters. The van der Waals surface area contributed by atoms with Crippen molar-refractivity contribution in [3.05, 3.63) is 58.8 Å². The Bertz CT molecular complexity index is 982. The van der Waals surface area contributed by atoms with Crippen molar-refractivity contribution in [1.29, 1.82) is 5.26 Å². The lowest BCUT2D eigenvalue weighted by Crippen LogP contribution is -2.19. The first-order valence-electron chi connectivity index (χ1n) is 7.82. The first-order valence-corrected chi connectivity index (χ1v) is 8.64. The van der Waals surface area contributed by atoms with E-state index in [-0.39, 0.29) is 18.2 Å². The number of thioether (sulfide) groups is 1. The maximum absolute atomic E-state index is 13.7. The molecule has 1 heterocycles. The van der Waals surface area contributed by atoms with Crippen molar-refractivity contribution in [3.63, 3.8) is 0 Å². The highest BCUT2D eigenvalue weighted by atomic mass is 32.2. The van der Waals surface area contributed by atoms with Crippen molar-refractivity contribution in [1.82, 2.24) is 5.32 Å². The van der Waals surface area contributed by atoms with E-state index in [1.165, 1.54) is 19.2 Å². The average Bonchev–Trinajstić information content (AvgIpc) is 3.01. The van der Waals surface area contributed by atoms with E-state index in [1.807, 2.05) is 6.07 Å². The molecule has 1 aliphatic rings. The van der Waals surface area contributed by atoms with Gasteiger partial charge in [0.15, 0.2) is 23.3 Å². The van der Waals surface area contributed by atoms with E-state index in [9.17, 15) is 9.18 Å². The smallest absolute Gasteiger partial charge is 0.264 e. The van der Waals surface area contributed by atoms with E-state index in [0.29, 0.717) is 27.1 Å². The number of para-hydroxylation sites is 1. The van der Waals surface area contributed by atoms with Gasteiger partial charge in [-0.15, -0.1) is 0 Å². The van der Waals surface area contributed by atoms with Crippen molar-refractivity contribution in [2.75, 3.05) is 13.7 Å². The van der Waals surface area contributed by atoms with Crippen LogP contribution in [0.3, 0.4) is 0 Å². The number of hydrogen-bond donors (Lipinski definition) is 1. The molecule has 27 heavy (non-hydrogen) atoms. The zero-order chi connectivity index (χ0) is 19.2. The standard InChI is InChI=1S/C19H14FN3O3S/c1-25-16-10-12(6-7-15(16)26-9-8-21)11-17-18(24)23-19(27-17)22-14-5-3-2-4-13(14)20/h2-7,10-11H,9H2,1H3,(H,22,23,24)/b17-11-. The van der Waals surface area contributed by atoms with Crippen LogP contribution in [-0.4, -0.2) is 24.8 Å². The van der Waals surface area contributed by atoms with Gasteiger partial charge in [-0.3, -0.25) is 4.79 Å². The summed E-state index contributed by atoms with van der Waals surface area (Å²) < 4.78 is 24.2. The maximum Gasteiger partial charge on any atom is 0.264 e. The minimum absolute atomic E-state index is 0.0923. The van der Waals surface area contributed by atoms with Crippen molar-refractivity contribution in [2.45, 2.75) is 0 Å². The van der Waals surface area contributed by atoms with Gasteiger partial charge in [0.1, 0.15) is 17.6 Å². The van der Waals surface area contributed by atoms with Crippen molar-refractivity contribution in [2.24, 2.45) is 4.99 Å². The lowest BCUT2D eigenvalue weighted by molar-refractivity contribution is -0.115. The molecular weight excluding hydrogens is 369 g/mol. The number of methoxy groups -OCH3 is 1. The summed E-state index contributed by atoms with van der Waals surface area (Å²) in [5.74, 6) is 0.101. The van der Waals surface area contributed by atoms with Gasteiger partial charge in [0.05, 0.1) is 12.0 Å². The molecule has 0 saturated carbocycles. The number of nitrogens with zero attached hydrogens (tertiary/aromatic N) is 2. The van der Waals surface area contributed by atoms with Crippen LogP contribution in [0.25, 0.3) is 6.08 Å². The first kappa shape index (κ1) is 18.5. The molecule has 0 bridgehead atoms. The number of benzene rings is 2. The summed E-state index contributed by atoms with van der Waals surface area (Å²) in [5.41, 5.74) is 0.864. The summed E-state index contributed by atoms with van der Waals surface area (Å²) in [5, 5.41) is 11.5. The Morgan fingerprint density at radius 2 is 2.11 bits per heavy atom. The molecule has 2 aromatic carbocycles. The number of rotatable bonds is 5. The zero-order valence-electron chi connectivity index (χ0n) is 14.2. The molecule has 1 amide bonds. The summed E-state index contributed by atoms with van der Waals surface area (Å²) in [6, 6.07) is 13.1. The Morgan fingerprint density at radius 3 is 2.85 bits per heavy atom. The van der Waals surface area contributed by atoms with Gasteiger partial charge in [0.2, 0.25) is 0 Å². The number of amides is 1. The van der Waals surface area contributed by atoms with Crippen LogP contribution in [-0.2, 0) is 4.79 Å². The molecule has 136 valence electrons. The van der Waals surface area contributed by atoms with Crippen molar-refractivity contribution >= 4 is 34.6 Å². The number of nitrogens with one attached hydrogen (secondary N) is 1. The molecule has 1 N–H and O–H groups in total. The summed E-state index contributed by atoms with van der Waals surface area (Å²) in [6.45, 7) is -0.0923.